The normalized spacial score (nSPS) is 15.2. The van der Waals surface area contributed by atoms with E-state index in [2.05, 4.69) is 20.0 Å². The maximum absolute atomic E-state index is 14.6. The molecule has 1 atom stereocenters. The average molecular weight is 560 g/mol. The van der Waals surface area contributed by atoms with Crippen LogP contribution in [0.1, 0.15) is 43.0 Å². The van der Waals surface area contributed by atoms with Crippen LogP contribution in [0.4, 0.5) is 23.4 Å². The lowest BCUT2D eigenvalue weighted by Gasteiger charge is -2.28. The summed E-state index contributed by atoms with van der Waals surface area (Å²) in [5.74, 6) is -2.73. The molecule has 2 N–H and O–H groups in total. The molecule has 1 aliphatic carbocycles. The summed E-state index contributed by atoms with van der Waals surface area (Å²) in [6, 6.07) is 10.6. The highest BCUT2D eigenvalue weighted by atomic mass is 19.4. The van der Waals surface area contributed by atoms with Gasteiger partial charge in [0.15, 0.2) is 17.4 Å². The molecule has 1 fully saturated rings. The van der Waals surface area contributed by atoms with Crippen LogP contribution in [0.5, 0.6) is 5.75 Å². The van der Waals surface area contributed by atoms with Gasteiger partial charge in [0.1, 0.15) is 11.5 Å². The molecule has 3 aromatic rings. The van der Waals surface area contributed by atoms with Gasteiger partial charge in [-0.1, -0.05) is 36.2 Å². The standard InChI is InChI=1S/C28H29F4N5O3/c1-16-6-4-9-20(12-16)26-36-24(35-25(33-3)27(38)39)22(14-34-17(2)19-7-5-8-19)37(26)15-18-10-11-23(21(29)13-18)40-28(30,31)32/h4,6,9-14,17,19H,5,7-8,15H2,1-3H3,(H,33,35)(H,38,39)/t17-/m1/s1. The summed E-state index contributed by atoms with van der Waals surface area (Å²) in [7, 11) is 1.33. The minimum Gasteiger partial charge on any atom is -0.475 e. The molecule has 212 valence electrons. The summed E-state index contributed by atoms with van der Waals surface area (Å²) in [6.45, 7) is 3.90. The zero-order valence-corrected chi connectivity index (χ0v) is 22.2. The lowest BCUT2D eigenvalue weighted by molar-refractivity contribution is -0.275. The molecule has 1 aliphatic rings. The van der Waals surface area contributed by atoms with E-state index < -0.39 is 23.9 Å². The second-order valence-electron chi connectivity index (χ2n) is 9.65. The van der Waals surface area contributed by atoms with E-state index in [1.165, 1.54) is 13.1 Å². The minimum atomic E-state index is -5.03. The van der Waals surface area contributed by atoms with Gasteiger partial charge in [-0.25, -0.2) is 14.2 Å². The van der Waals surface area contributed by atoms with Gasteiger partial charge in [0.25, 0.3) is 0 Å². The predicted octanol–water partition coefficient (Wildman–Crippen LogP) is 6.08. The number of aliphatic carboxylic acids is 1. The number of anilines is 1. The maximum Gasteiger partial charge on any atom is 0.573 e. The summed E-state index contributed by atoms with van der Waals surface area (Å²) in [6.07, 6.45) is -0.163. The monoisotopic (exact) mass is 559 g/mol. The Morgan fingerprint density at radius 2 is 2.02 bits per heavy atom. The summed E-state index contributed by atoms with van der Waals surface area (Å²) in [4.78, 5) is 24.9. The van der Waals surface area contributed by atoms with E-state index in [9.17, 15) is 27.5 Å². The van der Waals surface area contributed by atoms with Crippen molar-refractivity contribution >= 4 is 23.8 Å². The molecule has 0 saturated heterocycles. The third-order valence-electron chi connectivity index (χ3n) is 6.77. The van der Waals surface area contributed by atoms with E-state index in [0.29, 0.717) is 28.6 Å². The van der Waals surface area contributed by atoms with Crippen LogP contribution in [0.2, 0.25) is 0 Å². The third-order valence-corrected chi connectivity index (χ3v) is 6.77. The van der Waals surface area contributed by atoms with Crippen molar-refractivity contribution in [1.29, 1.82) is 0 Å². The molecule has 0 unspecified atom stereocenters. The van der Waals surface area contributed by atoms with Gasteiger partial charge in [0.2, 0.25) is 5.84 Å². The molecule has 40 heavy (non-hydrogen) atoms. The molecule has 8 nitrogen and oxygen atoms in total. The number of aliphatic imine (C=N–C) groups is 2. The second-order valence-corrected chi connectivity index (χ2v) is 9.65. The molecule has 2 aromatic carbocycles. The molecule has 1 heterocycles. The Balaban J connectivity index is 1.84. The third kappa shape index (κ3) is 6.85. The summed E-state index contributed by atoms with van der Waals surface area (Å²) in [5, 5.41) is 12.3. The van der Waals surface area contributed by atoms with Gasteiger partial charge in [0.05, 0.1) is 6.04 Å². The fraction of sp³-hybridized carbons (Fsp3) is 0.357. The molecule has 1 saturated carbocycles. The number of aromatic nitrogens is 2. The predicted molar refractivity (Wildman–Crippen MR) is 144 cm³/mol. The number of nitrogens with zero attached hydrogens (tertiary/aromatic N) is 4. The highest BCUT2D eigenvalue weighted by Crippen LogP contribution is 2.32. The van der Waals surface area contributed by atoms with Crippen molar-refractivity contribution in [3.63, 3.8) is 0 Å². The van der Waals surface area contributed by atoms with Crippen LogP contribution < -0.4 is 10.1 Å². The Labute approximate surface area is 228 Å². The van der Waals surface area contributed by atoms with E-state index in [-0.39, 0.29) is 24.2 Å². The van der Waals surface area contributed by atoms with Gasteiger partial charge >= 0.3 is 12.3 Å². The first-order valence-electron chi connectivity index (χ1n) is 12.7. The van der Waals surface area contributed by atoms with Crippen LogP contribution in [-0.4, -0.2) is 52.1 Å². The first-order chi connectivity index (χ1) is 18.9. The van der Waals surface area contributed by atoms with Crippen LogP contribution in [0.15, 0.2) is 52.4 Å². The quantitative estimate of drug-likeness (QED) is 0.198. The molecule has 0 aliphatic heterocycles. The Kier molecular flexibility index (Phi) is 8.55. The van der Waals surface area contributed by atoms with Gasteiger partial charge < -0.3 is 19.7 Å². The zero-order chi connectivity index (χ0) is 29.0. The van der Waals surface area contributed by atoms with Crippen LogP contribution in [-0.2, 0) is 11.3 Å². The second kappa shape index (κ2) is 11.9. The number of hydrogen-bond donors (Lipinski definition) is 2. The summed E-state index contributed by atoms with van der Waals surface area (Å²) < 4.78 is 58.0. The number of alkyl halides is 3. The number of imidazole rings is 1. The lowest BCUT2D eigenvalue weighted by Crippen LogP contribution is -2.24. The summed E-state index contributed by atoms with van der Waals surface area (Å²) in [5.41, 5.74) is 2.37. The molecular formula is C28H29F4N5O3. The van der Waals surface area contributed by atoms with Crippen molar-refractivity contribution < 1.29 is 32.2 Å². The van der Waals surface area contributed by atoms with Gasteiger partial charge in [-0.15, -0.1) is 13.2 Å². The fourth-order valence-corrected chi connectivity index (χ4v) is 4.43. The Hall–Kier alpha value is -4.22. The zero-order valence-electron chi connectivity index (χ0n) is 22.2. The van der Waals surface area contributed by atoms with Crippen molar-refractivity contribution in [2.45, 2.75) is 52.1 Å². The number of carbonyl (C=O) groups is 1. The lowest BCUT2D eigenvalue weighted by atomic mass is 9.81. The fourth-order valence-electron chi connectivity index (χ4n) is 4.43. The van der Waals surface area contributed by atoms with Crippen molar-refractivity contribution in [3.05, 3.63) is 65.1 Å². The number of aryl methyl sites for hydroxylation is 1. The molecule has 0 amide bonds. The van der Waals surface area contributed by atoms with E-state index >= 15 is 0 Å². The minimum absolute atomic E-state index is 0.00222. The molecule has 0 spiro atoms. The number of benzene rings is 2. The van der Waals surface area contributed by atoms with Gasteiger partial charge in [-0.05, 0) is 56.4 Å². The van der Waals surface area contributed by atoms with Crippen molar-refractivity contribution in [2.24, 2.45) is 15.9 Å². The molecular weight excluding hydrogens is 530 g/mol. The van der Waals surface area contributed by atoms with Gasteiger partial charge in [-0.2, -0.15) is 0 Å². The van der Waals surface area contributed by atoms with Crippen molar-refractivity contribution in [3.8, 4) is 17.1 Å². The smallest absolute Gasteiger partial charge is 0.475 e. The van der Waals surface area contributed by atoms with Gasteiger partial charge in [-0.3, -0.25) is 9.98 Å². The van der Waals surface area contributed by atoms with Crippen molar-refractivity contribution in [2.75, 3.05) is 12.4 Å². The molecule has 1 aromatic heterocycles. The molecule has 0 radical (unpaired) electrons. The van der Waals surface area contributed by atoms with Crippen LogP contribution in [0, 0.1) is 18.7 Å². The highest BCUT2D eigenvalue weighted by Gasteiger charge is 2.32. The number of carboxylic acid groups (broad SMARTS) is 1. The number of carboxylic acids is 1. The van der Waals surface area contributed by atoms with E-state index in [4.69, 9.17) is 4.99 Å². The highest BCUT2D eigenvalue weighted by molar-refractivity contribution is 6.39. The Bertz CT molecular complexity index is 1440. The summed E-state index contributed by atoms with van der Waals surface area (Å²) >= 11 is 0. The Morgan fingerprint density at radius 1 is 1.27 bits per heavy atom. The van der Waals surface area contributed by atoms with E-state index in [0.717, 1.165) is 37.0 Å². The van der Waals surface area contributed by atoms with Crippen LogP contribution in [0.3, 0.4) is 0 Å². The van der Waals surface area contributed by atoms with Crippen LogP contribution >= 0.6 is 0 Å². The topological polar surface area (TPSA) is 101 Å². The van der Waals surface area contributed by atoms with E-state index in [1.807, 2.05) is 38.1 Å². The molecule has 12 heteroatoms. The van der Waals surface area contributed by atoms with Crippen LogP contribution in [0.25, 0.3) is 11.4 Å². The number of amidine groups is 1. The largest absolute Gasteiger partial charge is 0.573 e. The van der Waals surface area contributed by atoms with E-state index in [1.54, 1.807) is 10.8 Å². The van der Waals surface area contributed by atoms with Crippen molar-refractivity contribution in [1.82, 2.24) is 9.55 Å². The number of ether oxygens (including phenoxy) is 1. The first kappa shape index (κ1) is 28.8. The first-order valence-corrected chi connectivity index (χ1v) is 12.7. The number of nitrogens with one attached hydrogen (secondary N) is 1. The number of halogens is 4. The maximum atomic E-state index is 14.6. The van der Waals surface area contributed by atoms with Gasteiger partial charge in [0, 0.05) is 25.4 Å². The molecule has 0 bridgehead atoms. The SMILES string of the molecule is CN=C(Nc1nc(-c2cccc(C)c2)n(Cc2ccc(OC(F)(F)F)c(F)c2)c1C=N[C@H](C)C1CCC1)C(=O)O. The average Bonchev–Trinajstić information content (AvgIpc) is 3.17. The molecule has 4 rings (SSSR count). The number of rotatable bonds is 8. The Morgan fingerprint density at radius 3 is 2.60 bits per heavy atom. The number of hydrogen-bond acceptors (Lipinski definition) is 5.